The average molecular weight is 418 g/mol. The van der Waals surface area contributed by atoms with Crippen LogP contribution in [0, 0.1) is 0 Å². The lowest BCUT2D eigenvalue weighted by Gasteiger charge is -2.40. The standard InChI is InChI=1S/C23H39N5O2/c1-24-23(26-12-7-16-30-21-10-17-29-19-21)25-11-6-13-28-15-14-27(2)18-22(28)20-8-4-3-5-9-20/h3-5,8-9,21-22H,6-7,10-19H2,1-2H3,(H2,24,25,26). The zero-order valence-corrected chi connectivity index (χ0v) is 18.7. The molecule has 2 heterocycles. The van der Waals surface area contributed by atoms with Crippen molar-refractivity contribution in [2.24, 2.45) is 4.99 Å². The van der Waals surface area contributed by atoms with Crippen molar-refractivity contribution < 1.29 is 9.47 Å². The second-order valence-corrected chi connectivity index (χ2v) is 8.21. The SMILES string of the molecule is CN=C(NCCCOC1CCOC1)NCCCN1CCN(C)CC1c1ccccc1. The van der Waals surface area contributed by atoms with Crippen molar-refractivity contribution in [3.05, 3.63) is 35.9 Å². The van der Waals surface area contributed by atoms with Gasteiger partial charge in [-0.15, -0.1) is 0 Å². The molecule has 30 heavy (non-hydrogen) atoms. The van der Waals surface area contributed by atoms with E-state index in [1.807, 2.05) is 7.05 Å². The smallest absolute Gasteiger partial charge is 0.190 e. The predicted molar refractivity (Wildman–Crippen MR) is 122 cm³/mol. The van der Waals surface area contributed by atoms with Gasteiger partial charge in [-0.25, -0.2) is 0 Å². The molecule has 7 nitrogen and oxygen atoms in total. The van der Waals surface area contributed by atoms with E-state index in [4.69, 9.17) is 9.47 Å². The molecule has 2 atom stereocenters. The Kier molecular flexibility index (Phi) is 9.89. The van der Waals surface area contributed by atoms with Gasteiger partial charge >= 0.3 is 0 Å². The Morgan fingerprint density at radius 3 is 2.70 bits per heavy atom. The van der Waals surface area contributed by atoms with Gasteiger partial charge < -0.3 is 25.0 Å². The van der Waals surface area contributed by atoms with E-state index in [0.717, 1.165) is 84.3 Å². The van der Waals surface area contributed by atoms with Crippen LogP contribution in [-0.2, 0) is 9.47 Å². The molecule has 1 aromatic carbocycles. The van der Waals surface area contributed by atoms with E-state index in [2.05, 4.69) is 62.8 Å². The number of rotatable bonds is 10. The normalized spacial score (nSPS) is 23.6. The molecule has 0 amide bonds. The fourth-order valence-electron chi connectivity index (χ4n) is 4.10. The third kappa shape index (κ3) is 7.54. The fraction of sp³-hybridized carbons (Fsp3) is 0.696. The van der Waals surface area contributed by atoms with E-state index in [0.29, 0.717) is 6.04 Å². The van der Waals surface area contributed by atoms with Crippen molar-refractivity contribution in [1.29, 1.82) is 0 Å². The van der Waals surface area contributed by atoms with Crippen LogP contribution in [0.15, 0.2) is 35.3 Å². The van der Waals surface area contributed by atoms with Crippen LogP contribution in [0.25, 0.3) is 0 Å². The zero-order valence-electron chi connectivity index (χ0n) is 18.7. The van der Waals surface area contributed by atoms with Gasteiger partial charge in [0.05, 0.1) is 12.7 Å². The number of piperazine rings is 1. The van der Waals surface area contributed by atoms with Gasteiger partial charge in [-0.05, 0) is 31.9 Å². The highest BCUT2D eigenvalue weighted by Crippen LogP contribution is 2.24. The number of nitrogens with zero attached hydrogens (tertiary/aromatic N) is 3. The Morgan fingerprint density at radius 2 is 1.97 bits per heavy atom. The summed E-state index contributed by atoms with van der Waals surface area (Å²) in [7, 11) is 4.05. The van der Waals surface area contributed by atoms with Crippen LogP contribution in [0.3, 0.4) is 0 Å². The molecule has 3 rings (SSSR count). The second-order valence-electron chi connectivity index (χ2n) is 8.21. The summed E-state index contributed by atoms with van der Waals surface area (Å²) in [5, 5.41) is 6.83. The summed E-state index contributed by atoms with van der Waals surface area (Å²) in [6.07, 6.45) is 3.38. The van der Waals surface area contributed by atoms with E-state index >= 15 is 0 Å². The summed E-state index contributed by atoms with van der Waals surface area (Å²) in [5.41, 5.74) is 1.42. The molecule has 2 unspecified atom stereocenters. The molecule has 2 saturated heterocycles. The van der Waals surface area contributed by atoms with Crippen molar-refractivity contribution in [2.45, 2.75) is 31.4 Å². The second kappa shape index (κ2) is 12.9. The van der Waals surface area contributed by atoms with Gasteiger partial charge in [0.2, 0.25) is 0 Å². The van der Waals surface area contributed by atoms with Crippen LogP contribution in [0.2, 0.25) is 0 Å². The van der Waals surface area contributed by atoms with Crippen molar-refractivity contribution in [3.8, 4) is 0 Å². The molecule has 2 N–H and O–H groups in total. The largest absolute Gasteiger partial charge is 0.379 e. The minimum Gasteiger partial charge on any atom is -0.379 e. The van der Waals surface area contributed by atoms with Crippen LogP contribution < -0.4 is 10.6 Å². The number of hydrogen-bond acceptors (Lipinski definition) is 5. The summed E-state index contributed by atoms with van der Waals surface area (Å²) >= 11 is 0. The molecule has 2 aliphatic heterocycles. The van der Waals surface area contributed by atoms with Crippen molar-refractivity contribution in [3.63, 3.8) is 0 Å². The van der Waals surface area contributed by atoms with Crippen LogP contribution >= 0.6 is 0 Å². The van der Waals surface area contributed by atoms with Crippen LogP contribution in [0.1, 0.15) is 30.9 Å². The zero-order chi connectivity index (χ0) is 21.0. The third-order valence-corrected chi connectivity index (χ3v) is 5.87. The molecule has 0 spiro atoms. The van der Waals surface area contributed by atoms with Gasteiger partial charge in [-0.2, -0.15) is 0 Å². The number of hydrogen-bond donors (Lipinski definition) is 2. The minimum atomic E-state index is 0.289. The summed E-state index contributed by atoms with van der Waals surface area (Å²) in [5.74, 6) is 0.872. The van der Waals surface area contributed by atoms with Crippen LogP contribution in [0.5, 0.6) is 0 Å². The number of aliphatic imine (C=N–C) groups is 1. The minimum absolute atomic E-state index is 0.289. The van der Waals surface area contributed by atoms with E-state index in [1.165, 1.54) is 5.56 Å². The molecule has 168 valence electrons. The van der Waals surface area contributed by atoms with E-state index in [-0.39, 0.29) is 6.10 Å². The number of guanidine groups is 1. The Bertz CT molecular complexity index is 621. The molecule has 0 saturated carbocycles. The highest BCUT2D eigenvalue weighted by molar-refractivity contribution is 5.79. The van der Waals surface area contributed by atoms with Crippen LogP contribution in [-0.4, -0.2) is 95.0 Å². The van der Waals surface area contributed by atoms with Gasteiger partial charge in [0, 0.05) is 65.6 Å². The monoisotopic (exact) mass is 417 g/mol. The first kappa shape index (κ1) is 23.0. The first-order valence-corrected chi connectivity index (χ1v) is 11.4. The quantitative estimate of drug-likeness (QED) is 0.343. The number of nitrogens with one attached hydrogen (secondary N) is 2. The lowest BCUT2D eigenvalue weighted by Crippen LogP contribution is -2.47. The topological polar surface area (TPSA) is 61.4 Å². The molecule has 0 bridgehead atoms. The maximum absolute atomic E-state index is 5.80. The van der Waals surface area contributed by atoms with Crippen molar-refractivity contribution in [2.75, 3.05) is 73.2 Å². The predicted octanol–water partition coefficient (Wildman–Crippen LogP) is 1.73. The first-order chi connectivity index (χ1) is 14.8. The molecule has 2 aliphatic rings. The Hall–Kier alpha value is -1.67. The molecular formula is C23H39N5O2. The lowest BCUT2D eigenvalue weighted by molar-refractivity contribution is 0.0420. The van der Waals surface area contributed by atoms with Crippen molar-refractivity contribution in [1.82, 2.24) is 20.4 Å². The first-order valence-electron chi connectivity index (χ1n) is 11.4. The molecule has 7 heteroatoms. The van der Waals surface area contributed by atoms with Crippen molar-refractivity contribution >= 4 is 5.96 Å². The Labute approximate surface area is 181 Å². The van der Waals surface area contributed by atoms with Gasteiger partial charge in [0.15, 0.2) is 5.96 Å². The molecule has 0 aromatic heterocycles. The van der Waals surface area contributed by atoms with Gasteiger partial charge in [-0.1, -0.05) is 30.3 Å². The number of likely N-dealkylation sites (N-methyl/N-ethyl adjacent to an activating group) is 1. The average Bonchev–Trinajstić information content (AvgIpc) is 3.30. The third-order valence-electron chi connectivity index (χ3n) is 5.87. The van der Waals surface area contributed by atoms with E-state index < -0.39 is 0 Å². The lowest BCUT2D eigenvalue weighted by atomic mass is 10.0. The highest BCUT2D eigenvalue weighted by Gasteiger charge is 2.25. The van der Waals surface area contributed by atoms with E-state index in [1.54, 1.807) is 0 Å². The number of benzene rings is 1. The maximum atomic E-state index is 5.80. The molecular weight excluding hydrogens is 378 g/mol. The van der Waals surface area contributed by atoms with Gasteiger partial charge in [0.1, 0.15) is 0 Å². The maximum Gasteiger partial charge on any atom is 0.190 e. The Morgan fingerprint density at radius 1 is 1.17 bits per heavy atom. The summed E-state index contributed by atoms with van der Waals surface area (Å²) in [6, 6.07) is 11.4. The summed E-state index contributed by atoms with van der Waals surface area (Å²) < 4.78 is 11.1. The Balaban J connectivity index is 1.31. The number of ether oxygens (including phenoxy) is 2. The molecule has 2 fully saturated rings. The molecule has 0 aliphatic carbocycles. The van der Waals surface area contributed by atoms with Gasteiger partial charge in [-0.3, -0.25) is 9.89 Å². The van der Waals surface area contributed by atoms with E-state index in [9.17, 15) is 0 Å². The highest BCUT2D eigenvalue weighted by atomic mass is 16.5. The molecule has 1 aromatic rings. The van der Waals surface area contributed by atoms with Crippen LogP contribution in [0.4, 0.5) is 0 Å². The van der Waals surface area contributed by atoms with Gasteiger partial charge in [0.25, 0.3) is 0 Å². The summed E-state index contributed by atoms with van der Waals surface area (Å²) in [6.45, 7) is 8.57. The fourth-order valence-corrected chi connectivity index (χ4v) is 4.10. The summed E-state index contributed by atoms with van der Waals surface area (Å²) in [4.78, 5) is 9.39. The molecule has 0 radical (unpaired) electrons.